The second kappa shape index (κ2) is 5.92. The third kappa shape index (κ3) is 3.87. The molecule has 3 nitrogen and oxygen atoms in total. The van der Waals surface area contributed by atoms with Crippen LogP contribution in [0.15, 0.2) is 42.5 Å². The molecule has 0 aliphatic heterocycles. The molecule has 2 aromatic rings. The number of benzene rings is 2. The lowest BCUT2D eigenvalue weighted by Crippen LogP contribution is -2.14. The number of hydrogen-bond acceptors (Lipinski definition) is 2. The van der Waals surface area contributed by atoms with Crippen LogP contribution in [-0.4, -0.2) is 5.91 Å². The Morgan fingerprint density at radius 1 is 1.14 bits per heavy atom. The van der Waals surface area contributed by atoms with Crippen LogP contribution in [0.1, 0.15) is 15.9 Å². The van der Waals surface area contributed by atoms with Gasteiger partial charge >= 0.3 is 6.18 Å². The molecule has 2 aromatic carbocycles. The van der Waals surface area contributed by atoms with Crippen LogP contribution in [-0.2, 0) is 6.18 Å². The lowest BCUT2D eigenvalue weighted by Gasteiger charge is -2.12. The van der Waals surface area contributed by atoms with Crippen LogP contribution >= 0.6 is 22.6 Å². The fourth-order valence-corrected chi connectivity index (χ4v) is 2.26. The van der Waals surface area contributed by atoms with E-state index in [1.54, 1.807) is 18.2 Å². The minimum Gasteiger partial charge on any atom is -0.398 e. The second-order valence-electron chi connectivity index (χ2n) is 4.26. The van der Waals surface area contributed by atoms with Gasteiger partial charge in [0.1, 0.15) is 0 Å². The number of nitrogen functional groups attached to an aromatic ring is 1. The maximum absolute atomic E-state index is 12.7. The standard InChI is InChI=1S/C14H10F3IN2O/c15-14(16,17)11-7-10(4-5-12(11)19)20-13(21)8-2-1-3-9(18)6-8/h1-7H,19H2,(H,20,21). The van der Waals surface area contributed by atoms with Crippen molar-refractivity contribution in [1.82, 2.24) is 0 Å². The minimum atomic E-state index is -4.56. The third-order valence-corrected chi connectivity index (χ3v) is 3.37. The van der Waals surface area contributed by atoms with Crippen molar-refractivity contribution in [3.05, 3.63) is 57.2 Å². The smallest absolute Gasteiger partial charge is 0.398 e. The Hall–Kier alpha value is -1.77. The fraction of sp³-hybridized carbons (Fsp3) is 0.0714. The summed E-state index contributed by atoms with van der Waals surface area (Å²) in [5, 5.41) is 2.43. The van der Waals surface area contributed by atoms with Gasteiger partial charge in [-0.2, -0.15) is 13.2 Å². The van der Waals surface area contributed by atoms with Crippen molar-refractivity contribution in [2.75, 3.05) is 11.1 Å². The van der Waals surface area contributed by atoms with Crippen molar-refractivity contribution in [1.29, 1.82) is 0 Å². The van der Waals surface area contributed by atoms with Gasteiger partial charge in [0.2, 0.25) is 0 Å². The highest BCUT2D eigenvalue weighted by atomic mass is 127. The first-order valence-electron chi connectivity index (χ1n) is 5.81. The summed E-state index contributed by atoms with van der Waals surface area (Å²) in [7, 11) is 0. The number of halogens is 4. The Kier molecular flexibility index (Phi) is 4.40. The number of carbonyl (C=O) groups excluding carboxylic acids is 1. The Morgan fingerprint density at radius 3 is 2.48 bits per heavy atom. The lowest BCUT2D eigenvalue weighted by atomic mass is 10.1. The second-order valence-corrected chi connectivity index (χ2v) is 5.51. The highest BCUT2D eigenvalue weighted by molar-refractivity contribution is 14.1. The van der Waals surface area contributed by atoms with Crippen LogP contribution in [0.4, 0.5) is 24.5 Å². The topological polar surface area (TPSA) is 55.1 Å². The van der Waals surface area contributed by atoms with E-state index in [0.717, 1.165) is 15.7 Å². The molecule has 7 heteroatoms. The van der Waals surface area contributed by atoms with Crippen LogP contribution in [0.5, 0.6) is 0 Å². The van der Waals surface area contributed by atoms with Gasteiger partial charge in [0.25, 0.3) is 5.91 Å². The molecule has 21 heavy (non-hydrogen) atoms. The normalized spacial score (nSPS) is 11.2. The number of hydrogen-bond donors (Lipinski definition) is 2. The van der Waals surface area contributed by atoms with E-state index in [-0.39, 0.29) is 11.4 Å². The molecule has 0 heterocycles. The van der Waals surface area contributed by atoms with Crippen molar-refractivity contribution >= 4 is 39.9 Å². The van der Waals surface area contributed by atoms with E-state index in [0.29, 0.717) is 5.56 Å². The summed E-state index contributed by atoms with van der Waals surface area (Å²) in [6.07, 6.45) is -4.56. The fourth-order valence-electron chi connectivity index (χ4n) is 1.71. The monoisotopic (exact) mass is 406 g/mol. The number of nitrogens with two attached hydrogens (primary N) is 1. The van der Waals surface area contributed by atoms with Gasteiger partial charge in [-0.25, -0.2) is 0 Å². The Bertz CT molecular complexity index is 686. The van der Waals surface area contributed by atoms with Crippen molar-refractivity contribution < 1.29 is 18.0 Å². The summed E-state index contributed by atoms with van der Waals surface area (Å²) in [6, 6.07) is 9.99. The number of alkyl halides is 3. The zero-order valence-corrected chi connectivity index (χ0v) is 12.7. The first kappa shape index (κ1) is 15.6. The predicted octanol–water partition coefficient (Wildman–Crippen LogP) is 4.14. The Morgan fingerprint density at radius 2 is 1.86 bits per heavy atom. The molecule has 0 saturated carbocycles. The Balaban J connectivity index is 2.26. The van der Waals surface area contributed by atoms with Gasteiger partial charge in [-0.1, -0.05) is 6.07 Å². The number of rotatable bonds is 2. The molecular formula is C14H10F3IN2O. The molecule has 0 aliphatic rings. The van der Waals surface area contributed by atoms with E-state index >= 15 is 0 Å². The zero-order chi connectivity index (χ0) is 15.6. The van der Waals surface area contributed by atoms with Crippen LogP contribution in [0.25, 0.3) is 0 Å². The zero-order valence-electron chi connectivity index (χ0n) is 10.5. The van der Waals surface area contributed by atoms with Gasteiger partial charge < -0.3 is 11.1 Å². The lowest BCUT2D eigenvalue weighted by molar-refractivity contribution is -0.136. The van der Waals surface area contributed by atoms with Gasteiger partial charge in [-0.05, 0) is 59.0 Å². The maximum Gasteiger partial charge on any atom is 0.418 e. The van der Waals surface area contributed by atoms with Crippen molar-refractivity contribution in [2.45, 2.75) is 6.18 Å². The predicted molar refractivity (Wildman–Crippen MR) is 83.0 cm³/mol. The van der Waals surface area contributed by atoms with E-state index in [2.05, 4.69) is 5.32 Å². The van der Waals surface area contributed by atoms with Gasteiger partial charge in [-0.15, -0.1) is 0 Å². The van der Waals surface area contributed by atoms with E-state index in [4.69, 9.17) is 5.73 Å². The number of anilines is 2. The molecule has 3 N–H and O–H groups in total. The molecule has 0 spiro atoms. The van der Waals surface area contributed by atoms with Crippen molar-refractivity contribution in [2.24, 2.45) is 0 Å². The molecular weight excluding hydrogens is 396 g/mol. The van der Waals surface area contributed by atoms with E-state index in [1.807, 2.05) is 28.7 Å². The molecule has 2 rings (SSSR count). The molecule has 0 aromatic heterocycles. The van der Waals surface area contributed by atoms with Crippen LogP contribution in [0, 0.1) is 3.57 Å². The highest BCUT2D eigenvalue weighted by Gasteiger charge is 2.33. The number of amides is 1. The van der Waals surface area contributed by atoms with Gasteiger partial charge in [0.05, 0.1) is 5.56 Å². The average Bonchev–Trinajstić information content (AvgIpc) is 2.39. The largest absolute Gasteiger partial charge is 0.418 e. The Labute approximate surface area is 132 Å². The van der Waals surface area contributed by atoms with Crippen molar-refractivity contribution in [3.63, 3.8) is 0 Å². The first-order chi connectivity index (χ1) is 9.77. The quantitative estimate of drug-likeness (QED) is 0.582. The minimum absolute atomic E-state index is 0.0420. The third-order valence-electron chi connectivity index (χ3n) is 2.70. The maximum atomic E-state index is 12.7. The van der Waals surface area contributed by atoms with Gasteiger partial charge in [-0.3, -0.25) is 4.79 Å². The number of nitrogens with one attached hydrogen (secondary N) is 1. The molecule has 0 aliphatic carbocycles. The van der Waals surface area contributed by atoms with E-state index in [1.165, 1.54) is 6.07 Å². The summed E-state index contributed by atoms with van der Waals surface area (Å²) >= 11 is 2.04. The molecule has 0 bridgehead atoms. The van der Waals surface area contributed by atoms with E-state index in [9.17, 15) is 18.0 Å². The molecule has 0 radical (unpaired) electrons. The molecule has 0 unspecified atom stereocenters. The van der Waals surface area contributed by atoms with Gasteiger partial charge in [0, 0.05) is 20.5 Å². The average molecular weight is 406 g/mol. The molecule has 1 amide bonds. The SMILES string of the molecule is Nc1ccc(NC(=O)c2cccc(I)c2)cc1C(F)(F)F. The molecule has 0 saturated heterocycles. The summed E-state index contributed by atoms with van der Waals surface area (Å²) in [5.41, 5.74) is 4.36. The summed E-state index contributed by atoms with van der Waals surface area (Å²) in [6.45, 7) is 0. The molecule has 0 atom stereocenters. The summed E-state index contributed by atoms with van der Waals surface area (Å²) < 4.78 is 39.1. The van der Waals surface area contributed by atoms with E-state index < -0.39 is 17.6 Å². The van der Waals surface area contributed by atoms with Crippen LogP contribution in [0.3, 0.4) is 0 Å². The summed E-state index contributed by atoms with van der Waals surface area (Å²) in [5.74, 6) is -0.480. The molecule has 0 fully saturated rings. The highest BCUT2D eigenvalue weighted by Crippen LogP contribution is 2.35. The first-order valence-corrected chi connectivity index (χ1v) is 6.89. The number of carbonyl (C=O) groups is 1. The van der Waals surface area contributed by atoms with Crippen LogP contribution < -0.4 is 11.1 Å². The van der Waals surface area contributed by atoms with Gasteiger partial charge in [0.15, 0.2) is 0 Å². The summed E-state index contributed by atoms with van der Waals surface area (Å²) in [4.78, 5) is 12.0. The molecule has 110 valence electrons. The van der Waals surface area contributed by atoms with Crippen molar-refractivity contribution in [3.8, 4) is 0 Å². The van der Waals surface area contributed by atoms with Crippen LogP contribution in [0.2, 0.25) is 0 Å².